The van der Waals surface area contributed by atoms with Crippen molar-refractivity contribution in [3.8, 4) is 0 Å². The number of hydrogen-bond acceptors (Lipinski definition) is 6. The lowest BCUT2D eigenvalue weighted by Crippen LogP contribution is -2.51. The molecular formula is C75H93FN6O3. The zero-order valence-electron chi connectivity index (χ0n) is 51.8. The molecule has 10 heteroatoms. The number of carbonyl (C=O) groups is 3. The molecule has 2 unspecified atom stereocenters. The number of nitrogens with one attached hydrogen (secondary N) is 3. The molecule has 85 heavy (non-hydrogen) atoms. The van der Waals surface area contributed by atoms with E-state index in [1.54, 1.807) is 11.6 Å². The zero-order valence-corrected chi connectivity index (χ0v) is 51.8. The molecular weight excluding hydrogens is 1050 g/mol. The minimum absolute atomic E-state index is 0.0975. The fourth-order valence-electron chi connectivity index (χ4n) is 22.8. The number of halogens is 1. The van der Waals surface area contributed by atoms with Gasteiger partial charge in [0.2, 0.25) is 17.7 Å². The van der Waals surface area contributed by atoms with Crippen molar-refractivity contribution in [2.75, 3.05) is 19.6 Å². The second-order valence-electron chi connectivity index (χ2n) is 30.7. The monoisotopic (exact) mass is 1140 g/mol. The molecule has 10 aliphatic carbocycles. The van der Waals surface area contributed by atoms with E-state index in [9.17, 15) is 14.4 Å². The highest BCUT2D eigenvalue weighted by atomic mass is 19.1. The van der Waals surface area contributed by atoms with Crippen LogP contribution in [0.15, 0.2) is 127 Å². The summed E-state index contributed by atoms with van der Waals surface area (Å²) in [5.41, 5.74) is 13.1. The Balaban J connectivity index is 0.000000113. The number of alkyl halides is 1. The Hall–Kier alpha value is -5.77. The summed E-state index contributed by atoms with van der Waals surface area (Å²) in [6.07, 6.45) is 43.1. The molecule has 0 bridgehead atoms. The predicted molar refractivity (Wildman–Crippen MR) is 335 cm³/mol. The van der Waals surface area contributed by atoms with Crippen LogP contribution in [0.2, 0.25) is 0 Å². The molecule has 7 saturated carbocycles. The lowest BCUT2D eigenvalue weighted by Gasteiger charge is -2.59. The van der Waals surface area contributed by atoms with Crippen molar-refractivity contribution in [2.24, 2.45) is 97.1 Å². The Bertz CT molecular complexity index is 3200. The van der Waals surface area contributed by atoms with Crippen LogP contribution in [0.1, 0.15) is 174 Å². The Labute approximate surface area is 505 Å². The molecule has 3 N–H and O–H groups in total. The molecule has 1 spiro atoms. The van der Waals surface area contributed by atoms with Crippen molar-refractivity contribution in [2.45, 2.75) is 164 Å². The lowest BCUT2D eigenvalue weighted by atomic mass is 9.45. The van der Waals surface area contributed by atoms with Gasteiger partial charge in [-0.2, -0.15) is 0 Å². The number of allylic oxidation sites excluding steroid dienone is 9. The quantitative estimate of drug-likeness (QED) is 0.240. The Morgan fingerprint density at radius 1 is 0.459 bits per heavy atom. The summed E-state index contributed by atoms with van der Waals surface area (Å²) in [4.78, 5) is 49.8. The normalized spacial score (nSPS) is 42.2. The first-order valence-electron chi connectivity index (χ1n) is 33.3. The molecule has 13 aliphatic rings. The molecule has 3 amide bonds. The third kappa shape index (κ3) is 9.04. The smallest absolute Gasteiger partial charge is 0.244 e. The Kier molecular flexibility index (Phi) is 14.1. The first-order valence-corrected chi connectivity index (χ1v) is 33.3. The second-order valence-corrected chi connectivity index (χ2v) is 30.7. The van der Waals surface area contributed by atoms with Gasteiger partial charge in [-0.05, 0) is 263 Å². The molecule has 6 heterocycles. The van der Waals surface area contributed by atoms with E-state index in [1.165, 1.54) is 103 Å². The highest BCUT2D eigenvalue weighted by Gasteiger charge is 2.66. The van der Waals surface area contributed by atoms with Gasteiger partial charge in [-0.3, -0.25) is 29.3 Å². The van der Waals surface area contributed by atoms with E-state index in [1.807, 2.05) is 49.2 Å². The number of aromatic nitrogens is 3. The molecule has 17 atom stereocenters. The number of fused-ring (bicyclic) bond motifs is 16. The fourth-order valence-corrected chi connectivity index (χ4v) is 22.8. The Morgan fingerprint density at radius 3 is 1.31 bits per heavy atom. The molecule has 7 fully saturated rings. The van der Waals surface area contributed by atoms with Gasteiger partial charge in [0.05, 0.1) is 0 Å². The molecule has 3 aromatic rings. The van der Waals surface area contributed by atoms with Crippen LogP contribution in [0.25, 0.3) is 16.7 Å². The first kappa shape index (κ1) is 57.0. The number of rotatable bonds is 3. The van der Waals surface area contributed by atoms with E-state index in [2.05, 4.69) is 134 Å². The number of hydrogen-bond donors (Lipinski definition) is 3. The largest absolute Gasteiger partial charge is 0.353 e. The van der Waals surface area contributed by atoms with Gasteiger partial charge in [0, 0.05) is 75.0 Å². The van der Waals surface area contributed by atoms with E-state index in [0.717, 1.165) is 74.9 Å². The van der Waals surface area contributed by atoms with Crippen molar-refractivity contribution in [1.82, 2.24) is 30.9 Å². The predicted octanol–water partition coefficient (Wildman–Crippen LogP) is 14.9. The summed E-state index contributed by atoms with van der Waals surface area (Å²) < 4.78 is 15.4. The highest BCUT2D eigenvalue weighted by Crippen LogP contribution is 2.75. The number of nitrogens with zero attached hydrogens (tertiary/aromatic N) is 3. The van der Waals surface area contributed by atoms with Crippen LogP contribution < -0.4 is 16.0 Å². The third-order valence-corrected chi connectivity index (χ3v) is 27.1. The fraction of sp³-hybridized carbons (Fsp3) is 0.600. The van der Waals surface area contributed by atoms with E-state index in [-0.39, 0.29) is 50.2 Å². The van der Waals surface area contributed by atoms with Crippen LogP contribution in [0.3, 0.4) is 0 Å². The van der Waals surface area contributed by atoms with Crippen LogP contribution in [0.5, 0.6) is 0 Å². The molecule has 3 aliphatic heterocycles. The lowest BCUT2D eigenvalue weighted by molar-refractivity contribution is -0.117. The summed E-state index contributed by atoms with van der Waals surface area (Å²) >= 11 is 0. The topological polar surface area (TPSA) is 126 Å². The molecule has 0 saturated heterocycles. The summed E-state index contributed by atoms with van der Waals surface area (Å²) in [7, 11) is 0. The van der Waals surface area contributed by atoms with E-state index in [4.69, 9.17) is 0 Å². The average molecular weight is 1150 g/mol. The van der Waals surface area contributed by atoms with Gasteiger partial charge in [0.15, 0.2) is 0 Å². The number of carbonyl (C=O) groups excluding carboxylic acids is 3. The molecule has 448 valence electrons. The molecule has 3 aromatic heterocycles. The van der Waals surface area contributed by atoms with Crippen molar-refractivity contribution < 1.29 is 18.8 Å². The maximum atomic E-state index is 15.4. The molecule has 16 rings (SSSR count). The minimum Gasteiger partial charge on any atom is -0.353 e. The van der Waals surface area contributed by atoms with Crippen LogP contribution in [-0.2, 0) is 14.4 Å². The summed E-state index contributed by atoms with van der Waals surface area (Å²) in [6.45, 7) is 19.3. The Morgan fingerprint density at radius 2 is 0.859 bits per heavy atom. The minimum atomic E-state index is -1.00. The van der Waals surface area contributed by atoms with E-state index < -0.39 is 6.17 Å². The van der Waals surface area contributed by atoms with Crippen molar-refractivity contribution in [3.63, 3.8) is 0 Å². The first-order chi connectivity index (χ1) is 40.8. The van der Waals surface area contributed by atoms with Gasteiger partial charge < -0.3 is 16.0 Å². The van der Waals surface area contributed by atoms with E-state index >= 15 is 4.39 Å². The molecule has 9 nitrogen and oxygen atoms in total. The van der Waals surface area contributed by atoms with Crippen LogP contribution in [0, 0.1) is 97.1 Å². The van der Waals surface area contributed by atoms with Gasteiger partial charge in [-0.15, -0.1) is 0 Å². The summed E-state index contributed by atoms with van der Waals surface area (Å²) in [5.74, 6) is 6.33. The average Bonchev–Trinajstić information content (AvgIpc) is 1.66. The highest BCUT2D eigenvalue weighted by molar-refractivity contribution is 5.90. The maximum Gasteiger partial charge on any atom is 0.244 e. The standard InChI is InChI=1S/C26H32N2O.C25H32N2O.C24H29FN2O/c1-24-8-7-21-18(20(24)6-5-19(24)17-4-3-12-27-16-17)15-26(9-10-26)22-14-23(29)28-13-11-25(21,22)2;1-16-13-18-20-7-6-19(17-5-4-11-26-15-17)24(20,2)9-8-21(18)25(3)10-12-27-23(28)14-22(16)25;1-23-8-7-19-16(18(23)6-5-17(23)15-4-3-10-26-14-15)12-21(25)20-13-22(28)27-11-9-24(19,20)2/h3-5,12,14,16,18,20-21H,6-11,13,15H2,1-2H3,(H,28,29);4-6,11,14-16,18,20-21H,7-10,12-13H2,1-3H3,(H,27,28);3-5,10,13-14,16,18-19,21H,6-9,11-12H2,1-2H3,(H,27,28)/t18-,20-,21-,24+,25+;16?,18-,20-,21-,24+,25+;16-,18-,19-,21?,23+,24+/m000/s1. The molecule has 0 aromatic carbocycles. The van der Waals surface area contributed by atoms with Crippen molar-refractivity contribution >= 4 is 34.4 Å². The van der Waals surface area contributed by atoms with Crippen LogP contribution in [-0.4, -0.2) is 58.5 Å². The van der Waals surface area contributed by atoms with Gasteiger partial charge >= 0.3 is 0 Å². The summed E-state index contributed by atoms with van der Waals surface area (Å²) in [6, 6.07) is 12.8. The third-order valence-electron chi connectivity index (χ3n) is 27.1. The molecule has 0 radical (unpaired) electrons. The second kappa shape index (κ2) is 21.0. The van der Waals surface area contributed by atoms with Gasteiger partial charge in [-0.25, -0.2) is 4.39 Å². The van der Waals surface area contributed by atoms with Crippen molar-refractivity contribution in [1.29, 1.82) is 0 Å². The van der Waals surface area contributed by atoms with Gasteiger partial charge in [-0.1, -0.05) is 96.0 Å². The van der Waals surface area contributed by atoms with Gasteiger partial charge in [0.1, 0.15) is 6.17 Å². The van der Waals surface area contributed by atoms with Crippen LogP contribution >= 0.6 is 0 Å². The van der Waals surface area contributed by atoms with E-state index in [0.29, 0.717) is 59.8 Å². The number of pyridine rings is 3. The van der Waals surface area contributed by atoms with Crippen molar-refractivity contribution in [3.05, 3.63) is 143 Å². The van der Waals surface area contributed by atoms with Crippen LogP contribution in [0.4, 0.5) is 4.39 Å². The van der Waals surface area contributed by atoms with Gasteiger partial charge in [0.25, 0.3) is 0 Å². The SMILES string of the molecule is CC1C[C@@H]2[C@H](CC[C@]3(C)C(c4cccnc4)=CC[C@@H]23)[C@@]2(C)CCNC(=O)C=C12.C[C@]12CCNC(=O)C=C1C(F)C[C@@H]1[C@@H]2CC[C@]2(C)C(c3cccnc3)=CC[C@@H]12.C[C@]12CCNC(=O)C=C1C1(CC1)C[C@@H]1[C@@H]2CC[C@]2(C)C(c3cccnc3)=CC[C@@H]12. The zero-order chi connectivity index (χ0) is 58.9. The summed E-state index contributed by atoms with van der Waals surface area (Å²) in [5, 5.41) is 9.15. The number of amides is 3. The maximum absolute atomic E-state index is 15.4.